The number of aliphatic carboxylic acids is 1. The number of carbonyl (C=O) groups excluding carboxylic acids is 1. The van der Waals surface area contributed by atoms with Crippen LogP contribution in [0.5, 0.6) is 0 Å². The van der Waals surface area contributed by atoms with Gasteiger partial charge >= 0.3 is 5.97 Å². The number of hydrogen-bond acceptors (Lipinski definition) is 5. The van der Waals surface area contributed by atoms with Crippen molar-refractivity contribution in [2.24, 2.45) is 22.3 Å². The van der Waals surface area contributed by atoms with Crippen molar-refractivity contribution in [3.8, 4) is 0 Å². The van der Waals surface area contributed by atoms with Crippen LogP contribution in [0.2, 0.25) is 0 Å². The standard InChI is InChI=1S/C17H22N8O3/c18-16(19)24-25(17(20)21)9-3-6-13(15(27)28)23-14(26)12-8-7-10-4-1-2-5-11(10)22-12/h1-2,4-5,7-8,13H,3,6,9H2,(H3,20,21)(H,23,26)(H,27,28)(H4,18,19,24)/t13-/m0/s1. The van der Waals surface area contributed by atoms with Gasteiger partial charge in [-0.05, 0) is 25.0 Å². The SMILES string of the molecule is N=C(N)N(CCC[C@H](NC(=O)c1ccc2ccccc2n1)C(=O)O)N=C(N)N. The number of nitrogens with zero attached hydrogens (tertiary/aromatic N) is 3. The summed E-state index contributed by atoms with van der Waals surface area (Å²) in [5.41, 5.74) is 16.6. The normalized spacial score (nSPS) is 11.4. The molecule has 0 radical (unpaired) electrons. The molecule has 1 aromatic carbocycles. The van der Waals surface area contributed by atoms with E-state index in [1.807, 2.05) is 12.1 Å². The lowest BCUT2D eigenvalue weighted by atomic mass is 10.1. The van der Waals surface area contributed by atoms with Gasteiger partial charge in [-0.25, -0.2) is 14.8 Å². The van der Waals surface area contributed by atoms with Crippen LogP contribution in [0.15, 0.2) is 41.5 Å². The number of nitrogens with two attached hydrogens (primary N) is 3. The van der Waals surface area contributed by atoms with E-state index in [9.17, 15) is 14.7 Å². The third-order valence-electron chi connectivity index (χ3n) is 3.81. The Morgan fingerprint density at radius 2 is 1.93 bits per heavy atom. The van der Waals surface area contributed by atoms with Crippen LogP contribution in [0.4, 0.5) is 0 Å². The number of pyridine rings is 1. The Labute approximate surface area is 160 Å². The highest BCUT2D eigenvalue weighted by atomic mass is 16.4. The van der Waals surface area contributed by atoms with Gasteiger partial charge in [-0.15, -0.1) is 5.10 Å². The predicted octanol–water partition coefficient (Wildman–Crippen LogP) is -0.418. The maximum Gasteiger partial charge on any atom is 0.326 e. The van der Waals surface area contributed by atoms with Crippen molar-refractivity contribution in [3.05, 3.63) is 42.1 Å². The molecule has 0 aliphatic heterocycles. The number of benzene rings is 1. The van der Waals surface area contributed by atoms with Crippen LogP contribution < -0.4 is 22.5 Å². The Kier molecular flexibility index (Phi) is 6.68. The van der Waals surface area contributed by atoms with Crippen LogP contribution in [0.1, 0.15) is 23.3 Å². The predicted molar refractivity (Wildman–Crippen MR) is 104 cm³/mol. The molecule has 28 heavy (non-hydrogen) atoms. The first-order chi connectivity index (χ1) is 13.3. The summed E-state index contributed by atoms with van der Waals surface area (Å²) in [7, 11) is 0. The summed E-state index contributed by atoms with van der Waals surface area (Å²) in [5.74, 6) is -2.44. The van der Waals surface area contributed by atoms with E-state index in [4.69, 9.17) is 22.6 Å². The van der Waals surface area contributed by atoms with Crippen LogP contribution >= 0.6 is 0 Å². The number of para-hydroxylation sites is 1. The van der Waals surface area contributed by atoms with E-state index in [-0.39, 0.29) is 37.0 Å². The molecule has 11 nitrogen and oxygen atoms in total. The van der Waals surface area contributed by atoms with Gasteiger partial charge in [0.1, 0.15) is 11.7 Å². The summed E-state index contributed by atoms with van der Waals surface area (Å²) in [5, 5.41) is 24.8. The maximum absolute atomic E-state index is 12.4. The number of guanidine groups is 2. The first-order valence-corrected chi connectivity index (χ1v) is 8.38. The Hall–Kier alpha value is -3.89. The number of amides is 1. The van der Waals surface area contributed by atoms with Crippen LogP contribution in [-0.4, -0.2) is 51.5 Å². The molecule has 148 valence electrons. The van der Waals surface area contributed by atoms with Crippen LogP contribution in [0.3, 0.4) is 0 Å². The van der Waals surface area contributed by atoms with Gasteiger partial charge in [-0.1, -0.05) is 24.3 Å². The molecule has 0 aliphatic rings. The number of fused-ring (bicyclic) bond motifs is 1. The van der Waals surface area contributed by atoms with Crippen molar-refractivity contribution in [3.63, 3.8) is 0 Å². The molecule has 9 N–H and O–H groups in total. The second-order valence-electron chi connectivity index (χ2n) is 5.93. The highest BCUT2D eigenvalue weighted by molar-refractivity contribution is 5.96. The molecule has 1 amide bonds. The van der Waals surface area contributed by atoms with Gasteiger partial charge < -0.3 is 27.6 Å². The second-order valence-corrected chi connectivity index (χ2v) is 5.93. The molecule has 0 saturated carbocycles. The molecule has 0 saturated heterocycles. The summed E-state index contributed by atoms with van der Waals surface area (Å²) in [6.07, 6.45) is 0.344. The number of aromatic nitrogens is 1. The van der Waals surface area contributed by atoms with Crippen molar-refractivity contribution in [2.45, 2.75) is 18.9 Å². The van der Waals surface area contributed by atoms with E-state index in [2.05, 4.69) is 15.4 Å². The molecule has 0 fully saturated rings. The number of carboxylic acids is 1. The zero-order chi connectivity index (χ0) is 20.7. The summed E-state index contributed by atoms with van der Waals surface area (Å²) in [6.45, 7) is 0.112. The summed E-state index contributed by atoms with van der Waals surface area (Å²) in [6, 6.07) is 9.42. The van der Waals surface area contributed by atoms with Gasteiger partial charge in [-0.3, -0.25) is 10.2 Å². The quantitative estimate of drug-likeness (QED) is 0.200. The van der Waals surface area contributed by atoms with E-state index in [1.165, 1.54) is 6.07 Å². The Morgan fingerprint density at radius 1 is 1.21 bits per heavy atom. The van der Waals surface area contributed by atoms with Crippen LogP contribution in [0, 0.1) is 5.41 Å². The number of hydrogen-bond donors (Lipinski definition) is 6. The average Bonchev–Trinajstić information content (AvgIpc) is 2.65. The molecular weight excluding hydrogens is 364 g/mol. The fourth-order valence-corrected chi connectivity index (χ4v) is 2.49. The van der Waals surface area contributed by atoms with Crippen molar-refractivity contribution < 1.29 is 14.7 Å². The molecule has 11 heteroatoms. The first-order valence-electron chi connectivity index (χ1n) is 8.38. The zero-order valence-electron chi connectivity index (χ0n) is 15.0. The monoisotopic (exact) mass is 386 g/mol. The molecule has 0 unspecified atom stereocenters. The molecule has 1 aromatic heterocycles. The topological polar surface area (TPSA) is 197 Å². The molecule has 0 spiro atoms. The lowest BCUT2D eigenvalue weighted by Gasteiger charge is -2.19. The third kappa shape index (κ3) is 5.56. The largest absolute Gasteiger partial charge is 0.480 e. The smallest absolute Gasteiger partial charge is 0.326 e. The minimum absolute atomic E-state index is 0.0818. The van der Waals surface area contributed by atoms with Gasteiger partial charge in [0.2, 0.25) is 11.9 Å². The van der Waals surface area contributed by atoms with E-state index in [1.54, 1.807) is 18.2 Å². The maximum atomic E-state index is 12.4. The van der Waals surface area contributed by atoms with Crippen molar-refractivity contribution in [1.29, 1.82) is 5.41 Å². The Bertz CT molecular complexity index is 910. The zero-order valence-corrected chi connectivity index (χ0v) is 15.0. The van der Waals surface area contributed by atoms with Crippen LogP contribution in [-0.2, 0) is 4.79 Å². The third-order valence-corrected chi connectivity index (χ3v) is 3.81. The first kappa shape index (κ1) is 20.4. The van der Waals surface area contributed by atoms with Crippen molar-refractivity contribution in [1.82, 2.24) is 15.3 Å². The van der Waals surface area contributed by atoms with Gasteiger partial charge in [0.05, 0.1) is 5.52 Å². The molecule has 2 rings (SSSR count). The van der Waals surface area contributed by atoms with Gasteiger partial charge in [-0.2, -0.15) is 0 Å². The Morgan fingerprint density at radius 3 is 2.57 bits per heavy atom. The molecule has 1 heterocycles. The molecule has 0 bridgehead atoms. The lowest BCUT2D eigenvalue weighted by molar-refractivity contribution is -0.139. The van der Waals surface area contributed by atoms with Crippen molar-refractivity contribution >= 4 is 34.7 Å². The number of carbonyl (C=O) groups is 2. The van der Waals surface area contributed by atoms with Gasteiger partial charge in [0.25, 0.3) is 5.91 Å². The van der Waals surface area contributed by atoms with E-state index in [0.717, 1.165) is 10.4 Å². The lowest BCUT2D eigenvalue weighted by Crippen LogP contribution is -2.42. The number of rotatable bonds is 8. The number of nitrogens with one attached hydrogen (secondary N) is 2. The molecule has 1 atom stereocenters. The Balaban J connectivity index is 2.01. The van der Waals surface area contributed by atoms with Gasteiger partial charge in [0.15, 0.2) is 0 Å². The van der Waals surface area contributed by atoms with E-state index < -0.39 is 17.9 Å². The highest BCUT2D eigenvalue weighted by Crippen LogP contribution is 2.12. The molecule has 0 aliphatic carbocycles. The molecule has 2 aromatic rings. The number of hydrazone groups is 1. The van der Waals surface area contributed by atoms with Crippen LogP contribution in [0.25, 0.3) is 10.9 Å². The van der Waals surface area contributed by atoms with E-state index in [0.29, 0.717) is 5.52 Å². The summed E-state index contributed by atoms with van der Waals surface area (Å²) >= 11 is 0. The van der Waals surface area contributed by atoms with Gasteiger partial charge in [0, 0.05) is 11.9 Å². The average molecular weight is 386 g/mol. The fourth-order valence-electron chi connectivity index (χ4n) is 2.49. The second kappa shape index (κ2) is 9.16. The van der Waals surface area contributed by atoms with Crippen molar-refractivity contribution in [2.75, 3.05) is 6.54 Å². The summed E-state index contributed by atoms with van der Waals surface area (Å²) in [4.78, 5) is 28.1. The molecular formula is C17H22N8O3. The fraction of sp³-hybridized carbons (Fsp3) is 0.235. The highest BCUT2D eigenvalue weighted by Gasteiger charge is 2.21. The number of carboxylic acid groups (broad SMARTS) is 1. The minimum Gasteiger partial charge on any atom is -0.480 e. The van der Waals surface area contributed by atoms with E-state index >= 15 is 0 Å². The summed E-state index contributed by atoms with van der Waals surface area (Å²) < 4.78 is 0. The minimum atomic E-state index is -1.19.